The first kappa shape index (κ1) is 24.3. The van der Waals surface area contributed by atoms with Gasteiger partial charge in [0.25, 0.3) is 15.9 Å². The number of rotatable bonds is 8. The first-order chi connectivity index (χ1) is 15.5. The highest BCUT2D eigenvalue weighted by atomic mass is 32.2. The van der Waals surface area contributed by atoms with Gasteiger partial charge in [-0.1, -0.05) is 6.07 Å². The van der Waals surface area contributed by atoms with Crippen LogP contribution in [0, 0.1) is 6.92 Å². The van der Waals surface area contributed by atoms with Crippen LogP contribution in [0.25, 0.3) is 0 Å². The third-order valence-electron chi connectivity index (χ3n) is 4.70. The van der Waals surface area contributed by atoms with E-state index in [2.05, 4.69) is 10.0 Å². The van der Waals surface area contributed by atoms with Gasteiger partial charge in [-0.15, -0.1) is 0 Å². The van der Waals surface area contributed by atoms with E-state index >= 15 is 0 Å². The van der Waals surface area contributed by atoms with Crippen LogP contribution in [-0.2, 0) is 19.9 Å². The second-order valence-corrected chi connectivity index (χ2v) is 11.0. The van der Waals surface area contributed by atoms with Crippen LogP contribution >= 0.6 is 0 Å². The number of benzene rings is 3. The minimum Gasteiger partial charge on any atom is -0.494 e. The summed E-state index contributed by atoms with van der Waals surface area (Å²) in [5.74, 6) is 0.0979. The maximum absolute atomic E-state index is 12.7. The minimum atomic E-state index is -3.81. The van der Waals surface area contributed by atoms with Crippen LogP contribution in [0.4, 0.5) is 11.4 Å². The molecule has 1 amide bonds. The van der Waals surface area contributed by atoms with Crippen molar-refractivity contribution in [1.29, 1.82) is 0 Å². The molecule has 0 heterocycles. The summed E-state index contributed by atoms with van der Waals surface area (Å²) < 4.78 is 56.6. The first-order valence-electron chi connectivity index (χ1n) is 9.97. The van der Waals surface area contributed by atoms with Crippen molar-refractivity contribution in [3.8, 4) is 5.75 Å². The largest absolute Gasteiger partial charge is 0.494 e. The molecule has 3 aromatic rings. The SMILES string of the molecule is CCOc1ccc(S(=O)(=O)Nc2ccc(NC(=O)c3cccc(S(C)(=O)=O)c3)c(C)c2)cc1. The van der Waals surface area contributed by atoms with Crippen LogP contribution in [0.2, 0.25) is 0 Å². The molecule has 0 aromatic heterocycles. The molecule has 3 aromatic carbocycles. The minimum absolute atomic E-state index is 0.0471. The summed E-state index contributed by atoms with van der Waals surface area (Å²) in [4.78, 5) is 12.7. The standard InChI is InChI=1S/C23H24N2O6S2/c1-4-31-19-9-11-20(12-10-19)33(29,30)25-18-8-13-22(16(2)14-18)24-23(26)17-6-5-7-21(15-17)32(3,27)28/h5-15,25H,4H2,1-3H3,(H,24,26). The summed E-state index contributed by atoms with van der Waals surface area (Å²) >= 11 is 0. The van der Waals surface area contributed by atoms with Gasteiger partial charge in [0.15, 0.2) is 9.84 Å². The molecule has 0 aliphatic carbocycles. The number of hydrogen-bond donors (Lipinski definition) is 2. The summed E-state index contributed by atoms with van der Waals surface area (Å²) in [5.41, 5.74) is 1.61. The van der Waals surface area contributed by atoms with Crippen molar-refractivity contribution in [1.82, 2.24) is 0 Å². The summed E-state index contributed by atoms with van der Waals surface area (Å²) in [6.07, 6.45) is 1.07. The molecule has 0 fully saturated rings. The molecule has 0 radical (unpaired) electrons. The van der Waals surface area contributed by atoms with Crippen LogP contribution in [-0.4, -0.2) is 35.6 Å². The van der Waals surface area contributed by atoms with Crippen LogP contribution in [0.1, 0.15) is 22.8 Å². The number of ether oxygens (including phenoxy) is 1. The summed E-state index contributed by atoms with van der Waals surface area (Å²) in [6, 6.07) is 16.5. The third-order valence-corrected chi connectivity index (χ3v) is 7.20. The summed E-state index contributed by atoms with van der Waals surface area (Å²) in [5, 5.41) is 2.72. The number of amides is 1. The monoisotopic (exact) mass is 488 g/mol. The Morgan fingerprint density at radius 2 is 1.61 bits per heavy atom. The molecule has 0 aliphatic heterocycles. The zero-order valence-corrected chi connectivity index (χ0v) is 20.0. The number of sulfone groups is 1. The van der Waals surface area contributed by atoms with Crippen LogP contribution in [0.15, 0.2) is 76.5 Å². The molecular weight excluding hydrogens is 464 g/mol. The smallest absolute Gasteiger partial charge is 0.261 e. The van der Waals surface area contributed by atoms with Crippen LogP contribution in [0.5, 0.6) is 5.75 Å². The van der Waals surface area contributed by atoms with Crippen molar-refractivity contribution < 1.29 is 26.4 Å². The summed E-state index contributed by atoms with van der Waals surface area (Å²) in [6.45, 7) is 4.04. The predicted molar refractivity (Wildman–Crippen MR) is 127 cm³/mol. The van der Waals surface area contributed by atoms with E-state index in [1.54, 1.807) is 31.2 Å². The van der Waals surface area contributed by atoms with E-state index < -0.39 is 25.8 Å². The molecule has 2 N–H and O–H groups in total. The van der Waals surface area contributed by atoms with Gasteiger partial charge < -0.3 is 10.1 Å². The zero-order chi connectivity index (χ0) is 24.2. The van der Waals surface area contributed by atoms with Gasteiger partial charge in [0.1, 0.15) is 5.75 Å². The highest BCUT2D eigenvalue weighted by Gasteiger charge is 2.16. The Kier molecular flexibility index (Phi) is 7.09. The van der Waals surface area contributed by atoms with Crippen LogP contribution < -0.4 is 14.8 Å². The molecule has 0 spiro atoms. The van der Waals surface area contributed by atoms with Crippen molar-refractivity contribution in [2.75, 3.05) is 22.9 Å². The average Bonchev–Trinajstić information content (AvgIpc) is 2.75. The molecule has 0 bridgehead atoms. The van der Waals surface area contributed by atoms with Crippen molar-refractivity contribution in [3.63, 3.8) is 0 Å². The second-order valence-electron chi connectivity index (χ2n) is 7.29. The highest BCUT2D eigenvalue weighted by molar-refractivity contribution is 7.92. The van der Waals surface area contributed by atoms with E-state index in [1.807, 2.05) is 6.92 Å². The normalized spacial score (nSPS) is 11.6. The molecule has 0 atom stereocenters. The van der Waals surface area contributed by atoms with Crippen LogP contribution in [0.3, 0.4) is 0 Å². The lowest BCUT2D eigenvalue weighted by Gasteiger charge is -2.13. The van der Waals surface area contributed by atoms with Gasteiger partial charge in [0, 0.05) is 23.2 Å². The Morgan fingerprint density at radius 1 is 0.909 bits per heavy atom. The first-order valence-corrected chi connectivity index (χ1v) is 13.3. The Labute approximate surface area is 193 Å². The van der Waals surface area contributed by atoms with E-state index in [4.69, 9.17) is 4.74 Å². The van der Waals surface area contributed by atoms with Gasteiger partial charge >= 0.3 is 0 Å². The number of nitrogens with one attached hydrogen (secondary N) is 2. The zero-order valence-electron chi connectivity index (χ0n) is 18.3. The molecule has 0 unspecified atom stereocenters. The topological polar surface area (TPSA) is 119 Å². The lowest BCUT2D eigenvalue weighted by atomic mass is 10.1. The number of aryl methyl sites for hydroxylation is 1. The number of hydrogen-bond acceptors (Lipinski definition) is 6. The van der Waals surface area contributed by atoms with E-state index in [9.17, 15) is 21.6 Å². The molecule has 8 nitrogen and oxygen atoms in total. The van der Waals surface area contributed by atoms with Gasteiger partial charge in [0.2, 0.25) is 0 Å². The molecular formula is C23H24N2O6S2. The van der Waals surface area contributed by atoms with E-state index in [0.29, 0.717) is 29.3 Å². The number of anilines is 2. The van der Waals surface area contributed by atoms with E-state index in [-0.39, 0.29) is 15.4 Å². The number of carbonyl (C=O) groups excluding carboxylic acids is 1. The lowest BCUT2D eigenvalue weighted by molar-refractivity contribution is 0.102. The fourth-order valence-corrected chi connectivity index (χ4v) is 4.74. The van der Waals surface area contributed by atoms with Gasteiger partial charge in [-0.05, 0) is 80.1 Å². The molecule has 0 aliphatic rings. The molecule has 3 rings (SSSR count). The fourth-order valence-electron chi connectivity index (χ4n) is 3.03. The van der Waals surface area contributed by atoms with E-state index in [0.717, 1.165) is 6.26 Å². The van der Waals surface area contributed by atoms with E-state index in [1.165, 1.54) is 42.5 Å². The Balaban J connectivity index is 1.75. The third kappa shape index (κ3) is 6.11. The maximum Gasteiger partial charge on any atom is 0.261 e. The maximum atomic E-state index is 12.7. The van der Waals surface area contributed by atoms with Crippen molar-refractivity contribution in [3.05, 3.63) is 77.9 Å². The van der Waals surface area contributed by atoms with Gasteiger partial charge in [0.05, 0.1) is 16.4 Å². The van der Waals surface area contributed by atoms with Gasteiger partial charge in [-0.25, -0.2) is 16.8 Å². The average molecular weight is 489 g/mol. The van der Waals surface area contributed by atoms with Crippen molar-refractivity contribution in [2.24, 2.45) is 0 Å². The van der Waals surface area contributed by atoms with Gasteiger partial charge in [-0.3, -0.25) is 9.52 Å². The summed E-state index contributed by atoms with van der Waals surface area (Å²) in [7, 11) is -7.25. The van der Waals surface area contributed by atoms with Gasteiger partial charge in [-0.2, -0.15) is 0 Å². The molecule has 174 valence electrons. The Hall–Kier alpha value is -3.37. The molecule has 33 heavy (non-hydrogen) atoms. The molecule has 0 saturated heterocycles. The quantitative estimate of drug-likeness (QED) is 0.497. The van der Waals surface area contributed by atoms with Crippen molar-refractivity contribution in [2.45, 2.75) is 23.6 Å². The Morgan fingerprint density at radius 3 is 2.21 bits per heavy atom. The molecule has 0 saturated carbocycles. The highest BCUT2D eigenvalue weighted by Crippen LogP contribution is 2.24. The predicted octanol–water partition coefficient (Wildman–Crippen LogP) is 3.85. The number of sulfonamides is 1. The number of carbonyl (C=O) groups is 1. The fraction of sp³-hybridized carbons (Fsp3) is 0.174. The lowest BCUT2D eigenvalue weighted by Crippen LogP contribution is -2.15. The second kappa shape index (κ2) is 9.63. The molecule has 10 heteroatoms. The Bertz CT molecular complexity index is 1380. The van der Waals surface area contributed by atoms with Crippen molar-refractivity contribution >= 4 is 37.1 Å².